The fourth-order valence-corrected chi connectivity index (χ4v) is 3.29. The van der Waals surface area contributed by atoms with Gasteiger partial charge in [-0.05, 0) is 23.8 Å². The second-order valence-electron chi connectivity index (χ2n) is 5.08. The third kappa shape index (κ3) is 3.25. The minimum Gasteiger partial charge on any atom is -0.609 e. The van der Waals surface area contributed by atoms with Crippen LogP contribution in [0.1, 0.15) is 15.9 Å². The molecule has 1 unspecified atom stereocenters. The van der Waals surface area contributed by atoms with Crippen LogP contribution in [0.2, 0.25) is 0 Å². The van der Waals surface area contributed by atoms with E-state index in [9.17, 15) is 9.35 Å². The van der Waals surface area contributed by atoms with Crippen molar-refractivity contribution in [3.63, 3.8) is 0 Å². The Morgan fingerprint density at radius 2 is 1.96 bits per heavy atom. The molecule has 1 aliphatic heterocycles. The summed E-state index contributed by atoms with van der Waals surface area (Å²) in [7, 11) is 3.08. The van der Waals surface area contributed by atoms with Gasteiger partial charge in [0.1, 0.15) is 11.5 Å². The fourth-order valence-electron chi connectivity index (χ4n) is 2.35. The van der Waals surface area contributed by atoms with Crippen LogP contribution >= 0.6 is 0 Å². The molecule has 0 radical (unpaired) electrons. The van der Waals surface area contributed by atoms with Gasteiger partial charge in [-0.25, -0.2) is 0 Å². The first-order valence-corrected chi connectivity index (χ1v) is 8.54. The quantitative estimate of drug-likeness (QED) is 0.474. The molecular formula is C18H16O5S. The van der Waals surface area contributed by atoms with Crippen molar-refractivity contribution in [3.8, 4) is 17.2 Å². The molecule has 3 rings (SSSR count). The molecule has 0 amide bonds. The van der Waals surface area contributed by atoms with E-state index in [1.165, 1.54) is 13.2 Å². The van der Waals surface area contributed by atoms with Gasteiger partial charge in [0.2, 0.25) is 4.90 Å². The fraction of sp³-hybridized carbons (Fsp3) is 0.167. The minimum absolute atomic E-state index is 0.109. The molecule has 1 atom stereocenters. The molecule has 24 heavy (non-hydrogen) atoms. The van der Waals surface area contributed by atoms with Crippen molar-refractivity contribution in [3.05, 3.63) is 53.6 Å². The van der Waals surface area contributed by atoms with E-state index < -0.39 is 11.2 Å². The van der Waals surface area contributed by atoms with Crippen LogP contribution in [0, 0.1) is 0 Å². The highest BCUT2D eigenvalue weighted by Crippen LogP contribution is 2.37. The summed E-state index contributed by atoms with van der Waals surface area (Å²) in [4.78, 5) is 13.0. The van der Waals surface area contributed by atoms with Gasteiger partial charge in [-0.2, -0.15) is 0 Å². The van der Waals surface area contributed by atoms with Crippen molar-refractivity contribution in [1.82, 2.24) is 0 Å². The number of hydrogen-bond acceptors (Lipinski definition) is 5. The zero-order valence-corrected chi connectivity index (χ0v) is 14.1. The number of carbonyl (C=O) groups is 1. The summed E-state index contributed by atoms with van der Waals surface area (Å²) >= 11 is -1.21. The number of ether oxygens (including phenoxy) is 3. The van der Waals surface area contributed by atoms with Gasteiger partial charge >= 0.3 is 0 Å². The minimum atomic E-state index is -1.21. The lowest BCUT2D eigenvalue weighted by molar-refractivity contribution is 0.104. The van der Waals surface area contributed by atoms with Gasteiger partial charge < -0.3 is 18.8 Å². The third-order valence-corrected chi connectivity index (χ3v) is 4.78. The van der Waals surface area contributed by atoms with Gasteiger partial charge in [0.25, 0.3) is 5.94 Å². The summed E-state index contributed by atoms with van der Waals surface area (Å²) in [5.41, 5.74) is 1.25. The van der Waals surface area contributed by atoms with Gasteiger partial charge in [0.05, 0.1) is 19.8 Å². The van der Waals surface area contributed by atoms with Gasteiger partial charge in [-0.1, -0.05) is 18.2 Å². The smallest absolute Gasteiger partial charge is 0.250 e. The zero-order valence-electron chi connectivity index (χ0n) is 13.3. The molecule has 1 heterocycles. The van der Waals surface area contributed by atoms with E-state index in [0.717, 1.165) is 11.3 Å². The van der Waals surface area contributed by atoms with E-state index in [1.54, 1.807) is 25.3 Å². The van der Waals surface area contributed by atoms with Crippen LogP contribution in [0.15, 0.2) is 47.4 Å². The Kier molecular flexibility index (Phi) is 4.78. The molecule has 1 aliphatic rings. The monoisotopic (exact) mass is 344 g/mol. The van der Waals surface area contributed by atoms with E-state index >= 15 is 0 Å². The SMILES string of the molecule is COc1ccc(C=CC(=O)c2cc3c(cc2OC)[S+]([O-])CO3)cc1. The summed E-state index contributed by atoms with van der Waals surface area (Å²) in [5, 5.41) is 0. The first-order chi connectivity index (χ1) is 11.6. The van der Waals surface area contributed by atoms with Crippen LogP contribution in [-0.2, 0) is 11.2 Å². The summed E-state index contributed by atoms with van der Waals surface area (Å²) in [6.07, 6.45) is 3.19. The predicted molar refractivity (Wildman–Crippen MR) is 91.3 cm³/mol. The second-order valence-corrected chi connectivity index (χ2v) is 6.44. The number of fused-ring (bicyclic) bond motifs is 1. The van der Waals surface area contributed by atoms with Crippen molar-refractivity contribution in [1.29, 1.82) is 0 Å². The van der Waals surface area contributed by atoms with Crippen LogP contribution in [0.3, 0.4) is 0 Å². The molecule has 6 heteroatoms. The molecule has 2 aromatic rings. The highest BCUT2D eigenvalue weighted by atomic mass is 32.2. The first-order valence-electron chi connectivity index (χ1n) is 7.22. The van der Waals surface area contributed by atoms with Gasteiger partial charge in [0.15, 0.2) is 11.5 Å². The Balaban J connectivity index is 1.85. The standard InChI is InChI=1S/C18H16O5S/c1-21-13-6-3-12(4-7-13)5-8-15(19)14-9-17-18(10-16(14)22-2)24(20)11-23-17/h3-10H,11H2,1-2H3. The van der Waals surface area contributed by atoms with Crippen molar-refractivity contribution in [2.45, 2.75) is 4.90 Å². The topological polar surface area (TPSA) is 67.8 Å². The summed E-state index contributed by atoms with van der Waals surface area (Å²) in [5.74, 6) is 1.50. The summed E-state index contributed by atoms with van der Waals surface area (Å²) in [6, 6.07) is 10.5. The van der Waals surface area contributed by atoms with Crippen LogP contribution in [0.5, 0.6) is 17.2 Å². The van der Waals surface area contributed by atoms with E-state index in [0.29, 0.717) is 22.0 Å². The van der Waals surface area contributed by atoms with Gasteiger partial charge in [-0.3, -0.25) is 4.79 Å². The Bertz CT molecular complexity index is 783. The molecule has 0 fully saturated rings. The largest absolute Gasteiger partial charge is 0.609 e. The van der Waals surface area contributed by atoms with Crippen molar-refractivity contribution in [2.75, 3.05) is 20.2 Å². The number of benzene rings is 2. The lowest BCUT2D eigenvalue weighted by Gasteiger charge is -2.07. The van der Waals surface area contributed by atoms with Crippen LogP contribution < -0.4 is 14.2 Å². The first kappa shape index (κ1) is 16.4. The van der Waals surface area contributed by atoms with Crippen LogP contribution in [-0.4, -0.2) is 30.5 Å². The zero-order chi connectivity index (χ0) is 17.1. The van der Waals surface area contributed by atoms with Gasteiger partial charge in [0, 0.05) is 23.3 Å². The Hall–Kier alpha value is -2.44. The lowest BCUT2D eigenvalue weighted by Crippen LogP contribution is -2.02. The maximum absolute atomic E-state index is 12.5. The molecule has 0 bridgehead atoms. The molecule has 0 saturated heterocycles. The number of allylic oxidation sites excluding steroid dienone is 1. The highest BCUT2D eigenvalue weighted by Gasteiger charge is 2.29. The van der Waals surface area contributed by atoms with Crippen molar-refractivity contribution in [2.24, 2.45) is 0 Å². The Labute approximate surface area is 143 Å². The molecule has 124 valence electrons. The molecule has 5 nitrogen and oxygen atoms in total. The molecule has 0 N–H and O–H groups in total. The van der Waals surface area contributed by atoms with Crippen LogP contribution in [0.4, 0.5) is 0 Å². The normalized spacial score (nSPS) is 15.9. The van der Waals surface area contributed by atoms with Crippen LogP contribution in [0.25, 0.3) is 6.08 Å². The molecule has 0 aliphatic carbocycles. The Morgan fingerprint density at radius 1 is 1.21 bits per heavy atom. The number of carbonyl (C=O) groups excluding carboxylic acids is 1. The third-order valence-electron chi connectivity index (χ3n) is 3.64. The lowest BCUT2D eigenvalue weighted by atomic mass is 10.1. The maximum atomic E-state index is 12.5. The maximum Gasteiger partial charge on any atom is 0.250 e. The number of rotatable bonds is 5. The number of ketones is 1. The van der Waals surface area contributed by atoms with Crippen molar-refractivity contribution >= 4 is 23.0 Å². The summed E-state index contributed by atoms with van der Waals surface area (Å²) < 4.78 is 27.5. The molecular weight excluding hydrogens is 328 g/mol. The second kappa shape index (κ2) is 6.98. The van der Waals surface area contributed by atoms with E-state index in [1.807, 2.05) is 24.3 Å². The van der Waals surface area contributed by atoms with E-state index in [-0.39, 0.29) is 11.7 Å². The van der Waals surface area contributed by atoms with Crippen molar-refractivity contribution < 1.29 is 23.6 Å². The van der Waals surface area contributed by atoms with E-state index in [4.69, 9.17) is 14.2 Å². The van der Waals surface area contributed by atoms with E-state index in [2.05, 4.69) is 0 Å². The molecule has 2 aromatic carbocycles. The highest BCUT2D eigenvalue weighted by molar-refractivity contribution is 7.91. The average molecular weight is 344 g/mol. The van der Waals surface area contributed by atoms with Gasteiger partial charge in [-0.15, -0.1) is 0 Å². The molecule has 0 aromatic heterocycles. The average Bonchev–Trinajstić information content (AvgIpc) is 2.99. The number of methoxy groups -OCH3 is 2. The predicted octanol–water partition coefficient (Wildman–Crippen LogP) is 3.06. The number of hydrogen-bond donors (Lipinski definition) is 0. The summed E-state index contributed by atoms with van der Waals surface area (Å²) in [6.45, 7) is 0. The molecule has 0 saturated carbocycles. The molecule has 0 spiro atoms. The Morgan fingerprint density at radius 3 is 2.62 bits per heavy atom.